The molecule has 0 heterocycles. The van der Waals surface area contributed by atoms with Crippen LogP contribution >= 0.6 is 0 Å². The van der Waals surface area contributed by atoms with E-state index in [2.05, 4.69) is 20.8 Å². The van der Waals surface area contributed by atoms with Crippen molar-refractivity contribution < 1.29 is 9.90 Å². The van der Waals surface area contributed by atoms with Crippen LogP contribution in [0.4, 0.5) is 0 Å². The van der Waals surface area contributed by atoms with E-state index in [1.807, 2.05) is 6.08 Å². The maximum absolute atomic E-state index is 10.6. The number of carboxylic acids is 1. The molecule has 0 aliphatic heterocycles. The van der Waals surface area contributed by atoms with Crippen molar-refractivity contribution in [2.24, 2.45) is 11.7 Å². The smallest absolute Gasteiger partial charge is 0.330 e. The van der Waals surface area contributed by atoms with Crippen molar-refractivity contribution in [2.45, 2.75) is 65.3 Å². The number of aliphatic carboxylic acids is 1. The standard InChI is InChI=1S/C14H27NO2/c1-11(8-6-10-14(3,4)15)7-5-9-12(2)13(16)17/h9,11H,5-8,10,15H2,1-4H3,(H,16,17). The van der Waals surface area contributed by atoms with Gasteiger partial charge in [0.1, 0.15) is 0 Å². The monoisotopic (exact) mass is 241 g/mol. The lowest BCUT2D eigenvalue weighted by atomic mass is 9.93. The summed E-state index contributed by atoms with van der Waals surface area (Å²) in [6, 6.07) is 0. The van der Waals surface area contributed by atoms with E-state index in [0.717, 1.165) is 25.7 Å². The topological polar surface area (TPSA) is 63.3 Å². The first-order valence-corrected chi connectivity index (χ1v) is 6.41. The second-order valence-electron chi connectivity index (χ2n) is 5.76. The first-order valence-electron chi connectivity index (χ1n) is 6.41. The van der Waals surface area contributed by atoms with Gasteiger partial charge in [0.25, 0.3) is 0 Å². The van der Waals surface area contributed by atoms with E-state index in [-0.39, 0.29) is 5.54 Å². The Bertz CT molecular complexity index is 264. The fourth-order valence-electron chi connectivity index (χ4n) is 1.72. The summed E-state index contributed by atoms with van der Waals surface area (Å²) < 4.78 is 0. The average molecular weight is 241 g/mol. The van der Waals surface area contributed by atoms with Crippen LogP contribution in [-0.4, -0.2) is 16.6 Å². The zero-order chi connectivity index (χ0) is 13.5. The molecule has 0 aliphatic carbocycles. The van der Waals surface area contributed by atoms with Crippen molar-refractivity contribution in [3.8, 4) is 0 Å². The van der Waals surface area contributed by atoms with Gasteiger partial charge in [-0.05, 0) is 46.0 Å². The highest BCUT2D eigenvalue weighted by atomic mass is 16.4. The van der Waals surface area contributed by atoms with Crippen LogP contribution in [0, 0.1) is 5.92 Å². The summed E-state index contributed by atoms with van der Waals surface area (Å²) in [7, 11) is 0. The Hall–Kier alpha value is -0.830. The lowest BCUT2D eigenvalue weighted by molar-refractivity contribution is -0.132. The second kappa shape index (κ2) is 7.49. The zero-order valence-corrected chi connectivity index (χ0v) is 11.6. The van der Waals surface area contributed by atoms with E-state index in [4.69, 9.17) is 10.8 Å². The van der Waals surface area contributed by atoms with Gasteiger partial charge in [-0.1, -0.05) is 25.8 Å². The Morgan fingerprint density at radius 1 is 1.41 bits per heavy atom. The van der Waals surface area contributed by atoms with Crippen LogP contribution in [0.2, 0.25) is 0 Å². The molecule has 0 aliphatic rings. The molecule has 1 unspecified atom stereocenters. The molecular formula is C14H27NO2. The SMILES string of the molecule is CC(=CCCC(C)CCCC(C)(C)N)C(=O)O. The number of carboxylic acid groups (broad SMARTS) is 1. The van der Waals surface area contributed by atoms with Gasteiger partial charge < -0.3 is 10.8 Å². The first kappa shape index (κ1) is 16.2. The normalized spacial score (nSPS) is 14.8. The van der Waals surface area contributed by atoms with Crippen molar-refractivity contribution in [1.82, 2.24) is 0 Å². The molecule has 0 saturated heterocycles. The van der Waals surface area contributed by atoms with E-state index in [1.165, 1.54) is 6.42 Å². The van der Waals surface area contributed by atoms with E-state index < -0.39 is 5.97 Å². The second-order valence-corrected chi connectivity index (χ2v) is 5.76. The molecule has 0 radical (unpaired) electrons. The van der Waals surface area contributed by atoms with Gasteiger partial charge in [-0.3, -0.25) is 0 Å². The highest BCUT2D eigenvalue weighted by molar-refractivity contribution is 5.85. The minimum absolute atomic E-state index is 0.0699. The Morgan fingerprint density at radius 2 is 2.00 bits per heavy atom. The quantitative estimate of drug-likeness (QED) is 0.641. The Labute approximate surface area is 105 Å². The third-order valence-electron chi connectivity index (χ3n) is 2.97. The predicted molar refractivity (Wildman–Crippen MR) is 71.9 cm³/mol. The van der Waals surface area contributed by atoms with Crippen molar-refractivity contribution in [3.05, 3.63) is 11.6 Å². The van der Waals surface area contributed by atoms with Crippen LogP contribution < -0.4 is 5.73 Å². The molecular weight excluding hydrogens is 214 g/mol. The van der Waals surface area contributed by atoms with Gasteiger partial charge in [-0.25, -0.2) is 4.79 Å². The van der Waals surface area contributed by atoms with Crippen LogP contribution in [0.3, 0.4) is 0 Å². The molecule has 3 nitrogen and oxygen atoms in total. The maximum Gasteiger partial charge on any atom is 0.330 e. The summed E-state index contributed by atoms with van der Waals surface area (Å²) in [5.41, 5.74) is 6.29. The minimum atomic E-state index is -0.817. The number of hydrogen-bond donors (Lipinski definition) is 2. The predicted octanol–water partition coefficient (Wildman–Crippen LogP) is 3.34. The summed E-state index contributed by atoms with van der Waals surface area (Å²) in [6.45, 7) is 7.96. The molecule has 0 aromatic rings. The zero-order valence-electron chi connectivity index (χ0n) is 11.6. The fourth-order valence-corrected chi connectivity index (χ4v) is 1.72. The van der Waals surface area contributed by atoms with Crippen LogP contribution in [0.25, 0.3) is 0 Å². The van der Waals surface area contributed by atoms with Crippen LogP contribution in [-0.2, 0) is 4.79 Å². The van der Waals surface area contributed by atoms with E-state index in [1.54, 1.807) is 6.92 Å². The number of nitrogens with two attached hydrogens (primary N) is 1. The fraction of sp³-hybridized carbons (Fsp3) is 0.786. The summed E-state index contributed by atoms with van der Waals surface area (Å²) >= 11 is 0. The van der Waals surface area contributed by atoms with Gasteiger partial charge in [-0.15, -0.1) is 0 Å². The molecule has 0 saturated carbocycles. The summed E-state index contributed by atoms with van der Waals surface area (Å²) in [5, 5.41) is 8.70. The number of allylic oxidation sites excluding steroid dienone is 1. The number of hydrogen-bond acceptors (Lipinski definition) is 2. The van der Waals surface area contributed by atoms with E-state index in [0.29, 0.717) is 11.5 Å². The van der Waals surface area contributed by atoms with Gasteiger partial charge in [0.2, 0.25) is 0 Å². The highest BCUT2D eigenvalue weighted by Gasteiger charge is 2.11. The van der Waals surface area contributed by atoms with Gasteiger partial charge in [0.15, 0.2) is 0 Å². The molecule has 3 heteroatoms. The van der Waals surface area contributed by atoms with Gasteiger partial charge in [0.05, 0.1) is 0 Å². The highest BCUT2D eigenvalue weighted by Crippen LogP contribution is 2.18. The van der Waals surface area contributed by atoms with Crippen molar-refractivity contribution in [2.75, 3.05) is 0 Å². The van der Waals surface area contributed by atoms with E-state index >= 15 is 0 Å². The minimum Gasteiger partial charge on any atom is -0.478 e. The lowest BCUT2D eigenvalue weighted by Gasteiger charge is -2.19. The molecule has 0 spiro atoms. The maximum atomic E-state index is 10.6. The lowest BCUT2D eigenvalue weighted by Crippen LogP contribution is -2.31. The summed E-state index contributed by atoms with van der Waals surface area (Å²) in [4.78, 5) is 10.6. The largest absolute Gasteiger partial charge is 0.478 e. The van der Waals surface area contributed by atoms with Gasteiger partial charge in [0, 0.05) is 11.1 Å². The molecule has 17 heavy (non-hydrogen) atoms. The summed E-state index contributed by atoms with van der Waals surface area (Å²) in [5.74, 6) is -0.183. The van der Waals surface area contributed by atoms with Gasteiger partial charge in [-0.2, -0.15) is 0 Å². The molecule has 1 atom stereocenters. The number of rotatable bonds is 8. The van der Waals surface area contributed by atoms with Crippen LogP contribution in [0.5, 0.6) is 0 Å². The molecule has 0 aromatic carbocycles. The van der Waals surface area contributed by atoms with Gasteiger partial charge >= 0.3 is 5.97 Å². The summed E-state index contributed by atoms with van der Waals surface area (Å²) in [6.07, 6.45) is 7.07. The van der Waals surface area contributed by atoms with E-state index in [9.17, 15) is 4.79 Å². The average Bonchev–Trinajstić information content (AvgIpc) is 2.15. The third-order valence-corrected chi connectivity index (χ3v) is 2.97. The molecule has 3 N–H and O–H groups in total. The molecule has 0 aromatic heterocycles. The molecule has 100 valence electrons. The Balaban J connectivity index is 3.71. The molecule has 0 bridgehead atoms. The van der Waals surface area contributed by atoms with Crippen LogP contribution in [0.1, 0.15) is 59.8 Å². The first-order chi connectivity index (χ1) is 7.72. The van der Waals surface area contributed by atoms with Crippen molar-refractivity contribution in [1.29, 1.82) is 0 Å². The Kier molecular flexibility index (Phi) is 7.12. The third kappa shape index (κ3) is 10.1. The van der Waals surface area contributed by atoms with Crippen molar-refractivity contribution >= 4 is 5.97 Å². The van der Waals surface area contributed by atoms with Crippen molar-refractivity contribution in [3.63, 3.8) is 0 Å². The molecule has 0 rings (SSSR count). The molecule has 0 amide bonds. The number of carbonyl (C=O) groups is 1. The Morgan fingerprint density at radius 3 is 2.47 bits per heavy atom. The van der Waals surface area contributed by atoms with Crippen LogP contribution in [0.15, 0.2) is 11.6 Å². The molecule has 0 fully saturated rings.